The zero-order valence-electron chi connectivity index (χ0n) is 10.9. The number of sulfonamides is 1. The van der Waals surface area contributed by atoms with Gasteiger partial charge in [0.2, 0.25) is 10.0 Å². The van der Waals surface area contributed by atoms with E-state index in [9.17, 15) is 8.42 Å². The standard InChI is InChI=1S/C12H24N2O2S.ClH/c13-12(7-2-1-3-8-12)10-14-17(15,16)9-6-11-4-5-11;/h11,14H,1-10,13H2;1H. The maximum Gasteiger partial charge on any atom is 0.211 e. The predicted octanol–water partition coefficient (Wildman–Crippen LogP) is 1.79. The van der Waals surface area contributed by atoms with Gasteiger partial charge in [0.15, 0.2) is 0 Å². The molecule has 2 rings (SSSR count). The fraction of sp³-hybridized carbons (Fsp3) is 1.00. The highest BCUT2D eigenvalue weighted by molar-refractivity contribution is 7.89. The van der Waals surface area contributed by atoms with Gasteiger partial charge in [-0.3, -0.25) is 0 Å². The SMILES string of the molecule is Cl.NC1(CNS(=O)(=O)CCC2CC2)CCCCC1. The first-order valence-electron chi connectivity index (χ1n) is 6.75. The molecule has 0 bridgehead atoms. The van der Waals surface area contributed by atoms with Crippen molar-refractivity contribution in [3.63, 3.8) is 0 Å². The normalized spacial score (nSPS) is 23.4. The van der Waals surface area contributed by atoms with E-state index in [1.165, 1.54) is 19.3 Å². The average molecular weight is 297 g/mol. The van der Waals surface area contributed by atoms with E-state index in [1.807, 2.05) is 0 Å². The number of hydrogen-bond donors (Lipinski definition) is 2. The minimum Gasteiger partial charge on any atom is -0.324 e. The molecule has 0 unspecified atom stereocenters. The molecule has 0 spiro atoms. The summed E-state index contributed by atoms with van der Waals surface area (Å²) in [5, 5.41) is 0. The van der Waals surface area contributed by atoms with Gasteiger partial charge >= 0.3 is 0 Å². The van der Waals surface area contributed by atoms with Gasteiger partial charge in [-0.25, -0.2) is 13.1 Å². The summed E-state index contributed by atoms with van der Waals surface area (Å²) in [6, 6.07) is 0. The quantitative estimate of drug-likeness (QED) is 0.785. The zero-order chi connectivity index (χ0) is 12.4. The second-order valence-corrected chi connectivity index (χ2v) is 7.72. The number of nitrogens with one attached hydrogen (secondary N) is 1. The van der Waals surface area contributed by atoms with Crippen molar-refractivity contribution in [2.24, 2.45) is 11.7 Å². The van der Waals surface area contributed by atoms with Crippen LogP contribution in [0.4, 0.5) is 0 Å². The Morgan fingerprint density at radius 1 is 1.17 bits per heavy atom. The molecule has 6 heteroatoms. The molecule has 2 saturated carbocycles. The van der Waals surface area contributed by atoms with Crippen molar-refractivity contribution in [1.29, 1.82) is 0 Å². The van der Waals surface area contributed by atoms with Crippen molar-refractivity contribution in [3.05, 3.63) is 0 Å². The van der Waals surface area contributed by atoms with E-state index in [0.717, 1.165) is 32.1 Å². The van der Waals surface area contributed by atoms with Crippen molar-refractivity contribution in [1.82, 2.24) is 4.72 Å². The van der Waals surface area contributed by atoms with Crippen LogP contribution in [0.2, 0.25) is 0 Å². The van der Waals surface area contributed by atoms with Gasteiger partial charge in [0.05, 0.1) is 5.75 Å². The Morgan fingerprint density at radius 2 is 1.78 bits per heavy atom. The third-order valence-corrected chi connectivity index (χ3v) is 5.34. The monoisotopic (exact) mass is 296 g/mol. The minimum absolute atomic E-state index is 0. The highest BCUT2D eigenvalue weighted by Crippen LogP contribution is 2.32. The van der Waals surface area contributed by atoms with Crippen LogP contribution in [0.1, 0.15) is 51.4 Å². The summed E-state index contributed by atoms with van der Waals surface area (Å²) in [4.78, 5) is 0. The molecule has 0 aromatic heterocycles. The van der Waals surface area contributed by atoms with Gasteiger partial charge in [0.25, 0.3) is 0 Å². The lowest BCUT2D eigenvalue weighted by Crippen LogP contribution is -2.51. The Balaban J connectivity index is 0.00000162. The lowest BCUT2D eigenvalue weighted by Gasteiger charge is -2.33. The molecule has 2 aliphatic carbocycles. The maximum absolute atomic E-state index is 11.8. The van der Waals surface area contributed by atoms with Crippen LogP contribution in [-0.4, -0.2) is 26.3 Å². The van der Waals surface area contributed by atoms with Gasteiger partial charge < -0.3 is 5.73 Å². The molecule has 0 amide bonds. The average Bonchev–Trinajstić information content (AvgIpc) is 3.09. The van der Waals surface area contributed by atoms with Crippen molar-refractivity contribution >= 4 is 22.4 Å². The molecule has 0 aromatic rings. The lowest BCUT2D eigenvalue weighted by molar-refractivity contribution is 0.296. The number of nitrogens with two attached hydrogens (primary N) is 1. The molecule has 0 aliphatic heterocycles. The van der Waals surface area contributed by atoms with Crippen molar-refractivity contribution in [2.45, 2.75) is 56.9 Å². The molecule has 4 nitrogen and oxygen atoms in total. The second-order valence-electron chi connectivity index (χ2n) is 5.80. The molecule has 3 N–H and O–H groups in total. The summed E-state index contributed by atoms with van der Waals surface area (Å²) >= 11 is 0. The first-order valence-corrected chi connectivity index (χ1v) is 8.41. The van der Waals surface area contributed by atoms with Gasteiger partial charge in [0, 0.05) is 12.1 Å². The Labute approximate surface area is 117 Å². The summed E-state index contributed by atoms with van der Waals surface area (Å²) in [5.41, 5.74) is 5.91. The highest BCUT2D eigenvalue weighted by Gasteiger charge is 2.29. The largest absolute Gasteiger partial charge is 0.324 e. The Kier molecular flexibility index (Phi) is 5.90. The Morgan fingerprint density at radius 3 is 2.33 bits per heavy atom. The van der Waals surface area contributed by atoms with E-state index in [1.54, 1.807) is 0 Å². The van der Waals surface area contributed by atoms with Crippen LogP contribution >= 0.6 is 12.4 Å². The third-order valence-electron chi connectivity index (χ3n) is 3.99. The second kappa shape index (κ2) is 6.55. The number of halogens is 1. The van der Waals surface area contributed by atoms with Gasteiger partial charge in [-0.05, 0) is 25.2 Å². The summed E-state index contributed by atoms with van der Waals surface area (Å²) in [7, 11) is -3.10. The van der Waals surface area contributed by atoms with Gasteiger partial charge in [-0.2, -0.15) is 0 Å². The molecule has 108 valence electrons. The zero-order valence-corrected chi connectivity index (χ0v) is 12.5. The molecule has 18 heavy (non-hydrogen) atoms. The predicted molar refractivity (Wildman–Crippen MR) is 76.4 cm³/mol. The smallest absolute Gasteiger partial charge is 0.211 e. The molecule has 0 saturated heterocycles. The van der Waals surface area contributed by atoms with E-state index >= 15 is 0 Å². The minimum atomic E-state index is -3.10. The van der Waals surface area contributed by atoms with Crippen LogP contribution < -0.4 is 10.5 Å². The Bertz CT molecular complexity index is 349. The number of rotatable bonds is 6. The van der Waals surface area contributed by atoms with E-state index in [4.69, 9.17) is 5.73 Å². The molecular formula is C12H25ClN2O2S. The molecular weight excluding hydrogens is 272 g/mol. The van der Waals surface area contributed by atoms with Gasteiger partial charge in [-0.1, -0.05) is 32.1 Å². The van der Waals surface area contributed by atoms with Crippen LogP contribution in [0.25, 0.3) is 0 Å². The van der Waals surface area contributed by atoms with E-state index in [-0.39, 0.29) is 23.7 Å². The van der Waals surface area contributed by atoms with Gasteiger partial charge in [-0.15, -0.1) is 12.4 Å². The van der Waals surface area contributed by atoms with Crippen LogP contribution in [0.15, 0.2) is 0 Å². The van der Waals surface area contributed by atoms with Crippen LogP contribution in [0.3, 0.4) is 0 Å². The van der Waals surface area contributed by atoms with Crippen molar-refractivity contribution in [2.75, 3.05) is 12.3 Å². The topological polar surface area (TPSA) is 72.2 Å². The molecule has 2 aliphatic rings. The first-order chi connectivity index (χ1) is 7.99. The summed E-state index contributed by atoms with van der Waals surface area (Å²) in [6.45, 7) is 0.417. The molecule has 0 heterocycles. The van der Waals surface area contributed by atoms with Gasteiger partial charge in [0.1, 0.15) is 0 Å². The molecule has 2 fully saturated rings. The van der Waals surface area contributed by atoms with E-state index in [2.05, 4.69) is 4.72 Å². The fourth-order valence-corrected chi connectivity index (χ4v) is 3.78. The van der Waals surface area contributed by atoms with Crippen LogP contribution in [-0.2, 0) is 10.0 Å². The third kappa shape index (κ3) is 5.43. The summed E-state index contributed by atoms with van der Waals surface area (Å²) < 4.78 is 26.3. The van der Waals surface area contributed by atoms with Crippen molar-refractivity contribution < 1.29 is 8.42 Å². The summed E-state index contributed by atoms with van der Waals surface area (Å²) in [6.07, 6.45) is 8.59. The summed E-state index contributed by atoms with van der Waals surface area (Å²) in [5.74, 6) is 0.932. The lowest BCUT2D eigenvalue weighted by atomic mass is 9.83. The molecule has 0 aromatic carbocycles. The molecule has 0 radical (unpaired) electrons. The van der Waals surface area contributed by atoms with Crippen LogP contribution in [0, 0.1) is 5.92 Å². The Hall–Kier alpha value is 0.160. The highest BCUT2D eigenvalue weighted by atomic mass is 35.5. The first kappa shape index (κ1) is 16.2. The van der Waals surface area contributed by atoms with Crippen LogP contribution in [0.5, 0.6) is 0 Å². The number of hydrogen-bond acceptors (Lipinski definition) is 3. The fourth-order valence-electron chi connectivity index (χ4n) is 2.49. The maximum atomic E-state index is 11.8. The van der Waals surface area contributed by atoms with E-state index in [0.29, 0.717) is 12.5 Å². The van der Waals surface area contributed by atoms with E-state index < -0.39 is 10.0 Å². The molecule has 0 atom stereocenters. The van der Waals surface area contributed by atoms with Crippen molar-refractivity contribution in [3.8, 4) is 0 Å².